The van der Waals surface area contributed by atoms with Crippen LogP contribution < -0.4 is 0 Å². The van der Waals surface area contributed by atoms with E-state index in [4.69, 9.17) is 0 Å². The molecule has 0 unspecified atom stereocenters. The molecule has 24 heavy (non-hydrogen) atoms. The van der Waals surface area contributed by atoms with E-state index in [0.717, 1.165) is 0 Å². The summed E-state index contributed by atoms with van der Waals surface area (Å²) in [5.74, 6) is -0.0828. The van der Waals surface area contributed by atoms with Crippen LogP contribution in [-0.4, -0.2) is 25.7 Å². The average molecular weight is 330 g/mol. The summed E-state index contributed by atoms with van der Waals surface area (Å²) in [4.78, 5) is 23.1. The van der Waals surface area contributed by atoms with Gasteiger partial charge in [-0.1, -0.05) is 46.8 Å². The van der Waals surface area contributed by atoms with Gasteiger partial charge in [-0.15, -0.1) is 5.10 Å². The number of carbonyl (C=O) groups excluding carboxylic acids is 1. The molecule has 1 heterocycles. The molecule has 0 amide bonds. The summed E-state index contributed by atoms with van der Waals surface area (Å²) in [6.45, 7) is 11.5. The molecular formula is C17H22N4O3. The van der Waals surface area contributed by atoms with Crippen LogP contribution in [0, 0.1) is 15.5 Å². The second-order valence-electron chi connectivity index (χ2n) is 7.80. The van der Waals surface area contributed by atoms with Crippen molar-refractivity contribution in [2.75, 3.05) is 0 Å². The summed E-state index contributed by atoms with van der Waals surface area (Å²) in [5, 5.41) is 19.1. The van der Waals surface area contributed by atoms with Crippen molar-refractivity contribution in [1.29, 1.82) is 0 Å². The van der Waals surface area contributed by atoms with Crippen molar-refractivity contribution in [1.82, 2.24) is 15.0 Å². The zero-order chi connectivity index (χ0) is 18.3. The van der Waals surface area contributed by atoms with E-state index in [1.807, 2.05) is 41.5 Å². The maximum Gasteiger partial charge on any atom is 0.269 e. The third-order valence-electron chi connectivity index (χ3n) is 3.58. The van der Waals surface area contributed by atoms with E-state index in [2.05, 4.69) is 10.3 Å². The third kappa shape index (κ3) is 3.34. The Balaban J connectivity index is 2.61. The molecule has 0 saturated carbocycles. The zero-order valence-corrected chi connectivity index (χ0v) is 14.8. The third-order valence-corrected chi connectivity index (χ3v) is 3.58. The molecule has 0 aliphatic heterocycles. The van der Waals surface area contributed by atoms with Gasteiger partial charge < -0.3 is 0 Å². The van der Waals surface area contributed by atoms with E-state index in [-0.39, 0.29) is 16.9 Å². The number of non-ortho nitro benzene ring substituents is 1. The second-order valence-corrected chi connectivity index (χ2v) is 7.80. The molecule has 0 bridgehead atoms. The molecule has 0 atom stereocenters. The fourth-order valence-electron chi connectivity index (χ4n) is 2.36. The highest BCUT2D eigenvalue weighted by Gasteiger charge is 2.34. The number of hydrogen-bond acceptors (Lipinski definition) is 5. The number of nitro benzene ring substituents is 1. The Bertz CT molecular complexity index is 778. The summed E-state index contributed by atoms with van der Waals surface area (Å²) in [7, 11) is 0. The van der Waals surface area contributed by atoms with E-state index in [0.29, 0.717) is 17.1 Å². The van der Waals surface area contributed by atoms with Gasteiger partial charge in [0, 0.05) is 23.0 Å². The fraction of sp³-hybridized carbons (Fsp3) is 0.471. The first-order valence-corrected chi connectivity index (χ1v) is 7.69. The Labute approximate surface area is 140 Å². The molecule has 0 saturated heterocycles. The molecule has 7 nitrogen and oxygen atoms in total. The lowest BCUT2D eigenvalue weighted by Gasteiger charge is -2.23. The van der Waals surface area contributed by atoms with Crippen LogP contribution in [0.25, 0.3) is 5.69 Å². The number of rotatable bonds is 3. The van der Waals surface area contributed by atoms with Crippen LogP contribution in [0.4, 0.5) is 5.69 Å². The highest BCUT2D eigenvalue weighted by Crippen LogP contribution is 2.31. The molecule has 128 valence electrons. The van der Waals surface area contributed by atoms with Crippen LogP contribution in [0.1, 0.15) is 57.7 Å². The van der Waals surface area contributed by atoms with Gasteiger partial charge in [-0.05, 0) is 12.1 Å². The quantitative estimate of drug-likeness (QED) is 0.486. The van der Waals surface area contributed by atoms with Gasteiger partial charge in [-0.2, -0.15) is 0 Å². The summed E-state index contributed by atoms with van der Waals surface area (Å²) in [6.07, 6.45) is 0. The largest absolute Gasteiger partial charge is 0.292 e. The molecule has 0 fully saturated rings. The number of ketones is 1. The van der Waals surface area contributed by atoms with Gasteiger partial charge in [0.1, 0.15) is 0 Å². The fourth-order valence-corrected chi connectivity index (χ4v) is 2.36. The molecule has 1 aromatic carbocycles. The van der Waals surface area contributed by atoms with Crippen molar-refractivity contribution in [2.24, 2.45) is 5.41 Å². The Hall–Kier alpha value is -2.57. The SMILES string of the molecule is CC(C)(C)C(=O)c1nnn(-c2ccc([N+](=O)[O-])cc2)c1C(C)(C)C. The number of Topliss-reactive ketones (excluding diaryl/α,β-unsaturated/α-hetero) is 1. The van der Waals surface area contributed by atoms with Gasteiger partial charge in [0.05, 0.1) is 16.3 Å². The first-order chi connectivity index (χ1) is 10.9. The molecular weight excluding hydrogens is 308 g/mol. The van der Waals surface area contributed by atoms with E-state index in [1.165, 1.54) is 12.1 Å². The van der Waals surface area contributed by atoms with E-state index in [1.54, 1.807) is 16.8 Å². The van der Waals surface area contributed by atoms with Gasteiger partial charge in [0.25, 0.3) is 5.69 Å². The van der Waals surface area contributed by atoms with Crippen molar-refractivity contribution in [2.45, 2.75) is 47.0 Å². The van der Waals surface area contributed by atoms with Gasteiger partial charge in [-0.25, -0.2) is 4.68 Å². The Morgan fingerprint density at radius 2 is 1.62 bits per heavy atom. The molecule has 2 aromatic rings. The lowest BCUT2D eigenvalue weighted by Crippen LogP contribution is -2.26. The van der Waals surface area contributed by atoms with Crippen molar-refractivity contribution in [3.63, 3.8) is 0 Å². The molecule has 0 spiro atoms. The molecule has 2 rings (SSSR count). The standard InChI is InChI=1S/C17H22N4O3/c1-16(2,3)14-13(15(22)17(4,5)6)18-19-20(14)11-7-9-12(10-8-11)21(23)24/h7-10H,1-6H3. The van der Waals surface area contributed by atoms with E-state index in [9.17, 15) is 14.9 Å². The minimum atomic E-state index is -0.573. The highest BCUT2D eigenvalue weighted by molar-refractivity contribution is 5.99. The first kappa shape index (κ1) is 17.8. The minimum Gasteiger partial charge on any atom is -0.292 e. The molecule has 7 heteroatoms. The Kier molecular flexibility index (Phi) is 4.31. The van der Waals surface area contributed by atoms with Crippen molar-refractivity contribution in [3.8, 4) is 5.69 Å². The molecule has 1 aromatic heterocycles. The van der Waals surface area contributed by atoms with Gasteiger partial charge in [0.2, 0.25) is 0 Å². The van der Waals surface area contributed by atoms with Crippen LogP contribution >= 0.6 is 0 Å². The first-order valence-electron chi connectivity index (χ1n) is 7.69. The summed E-state index contributed by atoms with van der Waals surface area (Å²) >= 11 is 0. The number of hydrogen-bond donors (Lipinski definition) is 0. The Morgan fingerprint density at radius 1 is 1.08 bits per heavy atom. The van der Waals surface area contributed by atoms with Gasteiger partial charge >= 0.3 is 0 Å². The van der Waals surface area contributed by atoms with E-state index < -0.39 is 10.3 Å². The number of nitro groups is 1. The number of nitrogens with zero attached hydrogens (tertiary/aromatic N) is 4. The van der Waals surface area contributed by atoms with Crippen LogP contribution in [0.5, 0.6) is 0 Å². The average Bonchev–Trinajstić information content (AvgIpc) is 2.90. The topological polar surface area (TPSA) is 90.9 Å². The van der Waals surface area contributed by atoms with Crippen LogP contribution in [0.2, 0.25) is 0 Å². The monoisotopic (exact) mass is 330 g/mol. The van der Waals surface area contributed by atoms with Crippen molar-refractivity contribution in [3.05, 3.63) is 45.8 Å². The van der Waals surface area contributed by atoms with Crippen LogP contribution in [0.3, 0.4) is 0 Å². The predicted octanol–water partition coefficient (Wildman–Crippen LogP) is 3.70. The Morgan fingerprint density at radius 3 is 2.04 bits per heavy atom. The number of benzene rings is 1. The summed E-state index contributed by atoms with van der Waals surface area (Å²) in [6, 6.07) is 6.03. The van der Waals surface area contributed by atoms with Crippen LogP contribution in [-0.2, 0) is 5.41 Å². The van der Waals surface area contributed by atoms with Gasteiger partial charge in [0.15, 0.2) is 11.5 Å². The minimum absolute atomic E-state index is 0.00200. The maximum absolute atomic E-state index is 12.7. The highest BCUT2D eigenvalue weighted by atomic mass is 16.6. The lowest BCUT2D eigenvalue weighted by molar-refractivity contribution is -0.384. The molecule has 0 N–H and O–H groups in total. The number of aromatic nitrogens is 3. The maximum atomic E-state index is 12.7. The summed E-state index contributed by atoms with van der Waals surface area (Å²) in [5.41, 5.74) is 0.718. The van der Waals surface area contributed by atoms with Gasteiger partial charge in [-0.3, -0.25) is 14.9 Å². The lowest BCUT2D eigenvalue weighted by atomic mass is 9.83. The zero-order valence-electron chi connectivity index (χ0n) is 14.8. The summed E-state index contributed by atoms with van der Waals surface area (Å²) < 4.78 is 1.59. The van der Waals surface area contributed by atoms with Crippen molar-refractivity contribution < 1.29 is 9.72 Å². The molecule has 0 aliphatic rings. The normalized spacial score (nSPS) is 12.2. The molecule has 0 radical (unpaired) electrons. The van der Waals surface area contributed by atoms with E-state index >= 15 is 0 Å². The second kappa shape index (κ2) is 5.81. The predicted molar refractivity (Wildman–Crippen MR) is 90.5 cm³/mol. The van der Waals surface area contributed by atoms with Crippen LogP contribution in [0.15, 0.2) is 24.3 Å². The number of carbonyl (C=O) groups is 1. The smallest absolute Gasteiger partial charge is 0.269 e. The molecule has 0 aliphatic carbocycles. The van der Waals surface area contributed by atoms with Crippen molar-refractivity contribution >= 4 is 11.5 Å².